The van der Waals surface area contributed by atoms with E-state index in [1.807, 2.05) is 44.2 Å². The summed E-state index contributed by atoms with van der Waals surface area (Å²) in [5.41, 5.74) is 0.366. The fraction of sp³-hybridized carbons (Fsp3) is 0.391. The number of aromatic nitrogens is 1. The molecule has 0 aliphatic heterocycles. The number of nitrogens with zero attached hydrogens (tertiary/aromatic N) is 2. The summed E-state index contributed by atoms with van der Waals surface area (Å²) >= 11 is 0. The number of ether oxygens (including phenoxy) is 1. The highest BCUT2D eigenvalue weighted by Crippen LogP contribution is 2.38. The zero-order chi connectivity index (χ0) is 23.1. The van der Waals surface area contributed by atoms with Crippen LogP contribution in [0.3, 0.4) is 0 Å². The third kappa shape index (κ3) is 5.52. The third-order valence-corrected chi connectivity index (χ3v) is 4.99. The first kappa shape index (κ1) is 23.4. The Bertz CT molecular complexity index is 1040. The van der Waals surface area contributed by atoms with Crippen molar-refractivity contribution >= 4 is 22.7 Å². The number of hydrogen-bond acceptors (Lipinski definition) is 4. The van der Waals surface area contributed by atoms with Crippen LogP contribution in [-0.2, 0) is 12.6 Å². The van der Waals surface area contributed by atoms with E-state index in [2.05, 4.69) is 10.5 Å². The Balaban J connectivity index is 1.63. The molecule has 3 aromatic rings. The first-order chi connectivity index (χ1) is 15.3. The second-order valence-electron chi connectivity index (χ2n) is 7.28. The zero-order valence-electron chi connectivity index (χ0n) is 18.0. The molecule has 32 heavy (non-hydrogen) atoms. The van der Waals surface area contributed by atoms with Gasteiger partial charge < -0.3 is 19.5 Å². The highest BCUT2D eigenvalue weighted by atomic mass is 19.4. The van der Waals surface area contributed by atoms with E-state index in [1.165, 1.54) is 12.1 Å². The van der Waals surface area contributed by atoms with Crippen molar-refractivity contribution in [1.82, 2.24) is 10.1 Å². The number of urea groups is 1. The van der Waals surface area contributed by atoms with Crippen LogP contribution in [-0.4, -0.2) is 35.8 Å². The van der Waals surface area contributed by atoms with Gasteiger partial charge in [-0.25, -0.2) is 4.79 Å². The normalized spacial score (nSPS) is 11.5. The molecule has 0 aliphatic rings. The van der Waals surface area contributed by atoms with E-state index in [-0.39, 0.29) is 17.0 Å². The summed E-state index contributed by atoms with van der Waals surface area (Å²) in [4.78, 5) is 14.1. The monoisotopic (exact) mass is 449 g/mol. The zero-order valence-corrected chi connectivity index (χ0v) is 18.0. The van der Waals surface area contributed by atoms with E-state index in [9.17, 15) is 18.0 Å². The van der Waals surface area contributed by atoms with E-state index >= 15 is 0 Å². The lowest BCUT2D eigenvalue weighted by molar-refractivity contribution is -0.141. The fourth-order valence-electron chi connectivity index (χ4n) is 3.43. The highest BCUT2D eigenvalue weighted by Gasteiger charge is 2.37. The Hall–Kier alpha value is -3.23. The average Bonchev–Trinajstić information content (AvgIpc) is 3.21. The van der Waals surface area contributed by atoms with Crippen molar-refractivity contribution in [1.29, 1.82) is 0 Å². The van der Waals surface area contributed by atoms with Gasteiger partial charge >= 0.3 is 12.2 Å². The highest BCUT2D eigenvalue weighted by molar-refractivity contribution is 5.89. The molecule has 2 amide bonds. The lowest BCUT2D eigenvalue weighted by Crippen LogP contribution is -2.36. The third-order valence-electron chi connectivity index (χ3n) is 4.99. The summed E-state index contributed by atoms with van der Waals surface area (Å²) in [6.07, 6.45) is -2.81. The molecule has 0 spiro atoms. The molecule has 1 aromatic heterocycles. The number of anilines is 1. The maximum absolute atomic E-state index is 13.1. The molecule has 1 N–H and O–H groups in total. The maximum Gasteiger partial charge on any atom is 0.437 e. The lowest BCUT2D eigenvalue weighted by atomic mass is 10.0. The Labute approximate surface area is 184 Å². The van der Waals surface area contributed by atoms with Gasteiger partial charge in [-0.3, -0.25) is 0 Å². The van der Waals surface area contributed by atoms with Crippen LogP contribution >= 0.6 is 0 Å². The first-order valence-corrected chi connectivity index (χ1v) is 10.6. The number of alkyl halides is 3. The topological polar surface area (TPSA) is 67.6 Å². The van der Waals surface area contributed by atoms with Gasteiger partial charge in [0.05, 0.1) is 12.0 Å². The van der Waals surface area contributed by atoms with Crippen molar-refractivity contribution < 1.29 is 27.2 Å². The van der Waals surface area contributed by atoms with Crippen molar-refractivity contribution in [2.24, 2.45) is 0 Å². The molecule has 0 bridgehead atoms. The standard InChI is InChI=1S/C23H26F3N3O3/c1-3-9-17-19(13-12-18-20(17)32-28-21(18)23(24,25)26)31-15-8-14-29(4-2)22(30)27-16-10-6-5-7-11-16/h5-7,10-13H,3-4,8-9,14-15H2,1-2H3,(H,27,30). The van der Waals surface area contributed by atoms with Gasteiger partial charge in [0, 0.05) is 24.3 Å². The summed E-state index contributed by atoms with van der Waals surface area (Å²) in [6.45, 7) is 5.12. The number of aryl methyl sites for hydroxylation is 1. The Morgan fingerprint density at radius 2 is 1.91 bits per heavy atom. The van der Waals surface area contributed by atoms with Gasteiger partial charge in [0.25, 0.3) is 0 Å². The van der Waals surface area contributed by atoms with E-state index in [4.69, 9.17) is 9.26 Å². The van der Waals surface area contributed by atoms with Crippen LogP contribution in [0.2, 0.25) is 0 Å². The predicted octanol–water partition coefficient (Wildman–Crippen LogP) is 6.12. The molecule has 0 saturated carbocycles. The van der Waals surface area contributed by atoms with Gasteiger partial charge in [0.1, 0.15) is 5.75 Å². The van der Waals surface area contributed by atoms with Crippen molar-refractivity contribution in [2.45, 2.75) is 39.3 Å². The van der Waals surface area contributed by atoms with Crippen LogP contribution < -0.4 is 10.1 Å². The maximum atomic E-state index is 13.1. The molecule has 0 atom stereocenters. The number of rotatable bonds is 9. The smallest absolute Gasteiger partial charge is 0.437 e. The number of carbonyl (C=O) groups excluding carboxylic acids is 1. The van der Waals surface area contributed by atoms with Crippen molar-refractivity contribution in [2.75, 3.05) is 25.0 Å². The number of halogens is 3. The molecule has 0 aliphatic carbocycles. The van der Waals surface area contributed by atoms with Gasteiger partial charge in [-0.15, -0.1) is 0 Å². The van der Waals surface area contributed by atoms with Gasteiger partial charge in [0.2, 0.25) is 0 Å². The molecule has 0 unspecified atom stereocenters. The molecule has 2 aromatic carbocycles. The van der Waals surface area contributed by atoms with Gasteiger partial charge in [-0.2, -0.15) is 13.2 Å². The summed E-state index contributed by atoms with van der Waals surface area (Å²) < 4.78 is 50.3. The molecule has 0 fully saturated rings. The molecular formula is C23H26F3N3O3. The minimum Gasteiger partial charge on any atom is -0.493 e. The van der Waals surface area contributed by atoms with E-state index in [0.717, 1.165) is 5.69 Å². The number of amides is 2. The Kier molecular flexibility index (Phi) is 7.61. The van der Waals surface area contributed by atoms with Crippen molar-refractivity contribution in [3.8, 4) is 5.75 Å². The van der Waals surface area contributed by atoms with Gasteiger partial charge in [-0.1, -0.05) is 36.7 Å². The van der Waals surface area contributed by atoms with Gasteiger partial charge in [-0.05, 0) is 44.0 Å². The Morgan fingerprint density at radius 1 is 1.16 bits per heavy atom. The number of hydrogen-bond donors (Lipinski definition) is 1. The number of benzene rings is 2. The molecule has 0 saturated heterocycles. The number of para-hydroxylation sites is 1. The molecule has 172 valence electrons. The van der Waals surface area contributed by atoms with Crippen LogP contribution in [0.5, 0.6) is 5.75 Å². The van der Waals surface area contributed by atoms with E-state index in [0.29, 0.717) is 50.3 Å². The number of carbonyl (C=O) groups is 1. The van der Waals surface area contributed by atoms with Crippen LogP contribution in [0.25, 0.3) is 11.0 Å². The van der Waals surface area contributed by atoms with E-state index in [1.54, 1.807) is 4.90 Å². The second kappa shape index (κ2) is 10.4. The van der Waals surface area contributed by atoms with Crippen LogP contribution in [0.1, 0.15) is 37.9 Å². The van der Waals surface area contributed by atoms with Crippen LogP contribution in [0.4, 0.5) is 23.7 Å². The molecular weight excluding hydrogens is 423 g/mol. The summed E-state index contributed by atoms with van der Waals surface area (Å²) in [6, 6.07) is 11.8. The summed E-state index contributed by atoms with van der Waals surface area (Å²) in [5, 5.41) is 6.01. The number of nitrogens with one attached hydrogen (secondary N) is 1. The van der Waals surface area contributed by atoms with E-state index < -0.39 is 11.9 Å². The minimum absolute atomic E-state index is 0.0666. The first-order valence-electron chi connectivity index (χ1n) is 10.6. The molecule has 1 heterocycles. The second-order valence-corrected chi connectivity index (χ2v) is 7.28. The molecule has 9 heteroatoms. The van der Waals surface area contributed by atoms with Crippen LogP contribution in [0.15, 0.2) is 47.0 Å². The SMILES string of the molecule is CCCc1c(OCCCN(CC)C(=O)Nc2ccccc2)ccc2c(C(F)(F)F)noc12. The average molecular weight is 449 g/mol. The minimum atomic E-state index is -4.58. The van der Waals surface area contributed by atoms with Gasteiger partial charge in [0.15, 0.2) is 11.3 Å². The largest absolute Gasteiger partial charge is 0.493 e. The molecule has 3 rings (SSSR count). The van der Waals surface area contributed by atoms with Crippen LogP contribution in [0, 0.1) is 0 Å². The Morgan fingerprint density at radius 3 is 2.56 bits per heavy atom. The number of fused-ring (bicyclic) bond motifs is 1. The fourth-order valence-corrected chi connectivity index (χ4v) is 3.43. The van der Waals surface area contributed by atoms with Crippen molar-refractivity contribution in [3.05, 3.63) is 53.7 Å². The molecule has 6 nitrogen and oxygen atoms in total. The van der Waals surface area contributed by atoms with Crippen molar-refractivity contribution in [3.63, 3.8) is 0 Å². The predicted molar refractivity (Wildman–Crippen MR) is 116 cm³/mol. The summed E-state index contributed by atoms with van der Waals surface area (Å²) in [7, 11) is 0. The quantitative estimate of drug-likeness (QED) is 0.400. The lowest BCUT2D eigenvalue weighted by Gasteiger charge is -2.21. The summed E-state index contributed by atoms with van der Waals surface area (Å²) in [5.74, 6) is 0.473. The molecule has 0 radical (unpaired) electrons.